The van der Waals surface area contributed by atoms with Crippen LogP contribution in [0.5, 0.6) is 0 Å². The van der Waals surface area contributed by atoms with E-state index in [0.717, 1.165) is 24.2 Å². The summed E-state index contributed by atoms with van der Waals surface area (Å²) in [6, 6.07) is 5.83. The molecule has 2 rings (SSSR count). The van der Waals surface area contributed by atoms with Gasteiger partial charge in [-0.2, -0.15) is 5.10 Å². The highest BCUT2D eigenvalue weighted by atomic mass is 35.5. The topological polar surface area (TPSA) is 55.9 Å². The van der Waals surface area contributed by atoms with Gasteiger partial charge in [0.25, 0.3) is 0 Å². The molecule has 1 aromatic carbocycles. The van der Waals surface area contributed by atoms with Crippen LogP contribution < -0.4 is 11.3 Å². The second-order valence-electron chi connectivity index (χ2n) is 4.24. The van der Waals surface area contributed by atoms with Gasteiger partial charge in [-0.1, -0.05) is 24.6 Å². The quantitative estimate of drug-likeness (QED) is 0.655. The predicted molar refractivity (Wildman–Crippen MR) is 73.1 cm³/mol. The Hall–Kier alpha value is -1.43. The summed E-state index contributed by atoms with van der Waals surface area (Å²) in [7, 11) is 0. The lowest BCUT2D eigenvalue weighted by Gasteiger charge is -2.19. The summed E-state index contributed by atoms with van der Waals surface area (Å²) >= 11 is 6.08. The van der Waals surface area contributed by atoms with E-state index in [1.54, 1.807) is 12.3 Å². The summed E-state index contributed by atoms with van der Waals surface area (Å²) in [4.78, 5) is 0. The number of rotatable bonds is 5. The number of hydrogen-bond acceptors (Lipinski definition) is 3. The van der Waals surface area contributed by atoms with Crippen molar-refractivity contribution in [1.29, 1.82) is 0 Å². The Kier molecular flexibility index (Phi) is 4.52. The molecule has 102 valence electrons. The predicted octanol–water partition coefficient (Wildman–Crippen LogP) is 2.64. The van der Waals surface area contributed by atoms with Crippen molar-refractivity contribution in [1.82, 2.24) is 15.2 Å². The lowest BCUT2D eigenvalue weighted by molar-refractivity contribution is 0.520. The number of aromatic nitrogens is 2. The van der Waals surface area contributed by atoms with Crippen molar-refractivity contribution in [3.63, 3.8) is 0 Å². The van der Waals surface area contributed by atoms with Gasteiger partial charge in [-0.05, 0) is 30.2 Å². The molecule has 19 heavy (non-hydrogen) atoms. The lowest BCUT2D eigenvalue weighted by Crippen LogP contribution is -2.31. The van der Waals surface area contributed by atoms with E-state index < -0.39 is 0 Å². The number of aryl methyl sites for hydroxylation is 1. The Bertz CT molecular complexity index is 555. The molecule has 0 saturated carbocycles. The third kappa shape index (κ3) is 2.94. The van der Waals surface area contributed by atoms with Gasteiger partial charge in [-0.3, -0.25) is 10.5 Å². The van der Waals surface area contributed by atoms with Crippen LogP contribution in [0.25, 0.3) is 0 Å². The van der Waals surface area contributed by atoms with Crippen molar-refractivity contribution in [2.75, 3.05) is 0 Å². The molecule has 0 radical (unpaired) electrons. The summed E-state index contributed by atoms with van der Waals surface area (Å²) in [5, 5.41) is 4.59. The van der Waals surface area contributed by atoms with Crippen LogP contribution in [0.4, 0.5) is 4.39 Å². The van der Waals surface area contributed by atoms with Crippen molar-refractivity contribution in [3.05, 3.63) is 52.6 Å². The molecule has 1 unspecified atom stereocenters. The standard InChI is InChI=1S/C13H16ClFN4/c1-2-7-19-12(5-6-17-19)13(18-16)10-4-3-9(15)8-11(10)14/h3-6,8,13,18H,2,7,16H2,1H3. The summed E-state index contributed by atoms with van der Waals surface area (Å²) < 4.78 is 15.0. The number of benzene rings is 1. The van der Waals surface area contributed by atoms with E-state index in [1.807, 2.05) is 10.7 Å². The van der Waals surface area contributed by atoms with E-state index in [0.29, 0.717) is 5.02 Å². The van der Waals surface area contributed by atoms with Gasteiger partial charge in [0, 0.05) is 17.8 Å². The number of nitrogens with two attached hydrogens (primary N) is 1. The molecule has 1 heterocycles. The average Bonchev–Trinajstić information content (AvgIpc) is 2.82. The zero-order valence-electron chi connectivity index (χ0n) is 10.6. The Balaban J connectivity index is 2.41. The Morgan fingerprint density at radius 3 is 2.89 bits per heavy atom. The maximum atomic E-state index is 13.1. The van der Waals surface area contributed by atoms with Gasteiger partial charge in [-0.15, -0.1) is 0 Å². The van der Waals surface area contributed by atoms with Crippen molar-refractivity contribution in [3.8, 4) is 0 Å². The fourth-order valence-corrected chi connectivity index (χ4v) is 2.33. The maximum Gasteiger partial charge on any atom is 0.124 e. The second kappa shape index (κ2) is 6.14. The number of nitrogens with one attached hydrogen (secondary N) is 1. The van der Waals surface area contributed by atoms with Gasteiger partial charge >= 0.3 is 0 Å². The zero-order chi connectivity index (χ0) is 13.8. The van der Waals surface area contributed by atoms with E-state index in [4.69, 9.17) is 17.4 Å². The molecule has 1 atom stereocenters. The van der Waals surface area contributed by atoms with Gasteiger partial charge in [0.15, 0.2) is 0 Å². The molecule has 4 nitrogen and oxygen atoms in total. The maximum absolute atomic E-state index is 13.1. The molecule has 0 aliphatic carbocycles. The number of hydrazine groups is 1. The van der Waals surface area contributed by atoms with Crippen LogP contribution in [0.2, 0.25) is 5.02 Å². The van der Waals surface area contributed by atoms with Gasteiger partial charge in [-0.25, -0.2) is 9.82 Å². The minimum Gasteiger partial charge on any atom is -0.271 e. The smallest absolute Gasteiger partial charge is 0.124 e. The first kappa shape index (κ1) is 14.0. The molecule has 0 bridgehead atoms. The summed E-state index contributed by atoms with van der Waals surface area (Å²) in [6.07, 6.45) is 2.68. The first-order chi connectivity index (χ1) is 9.17. The molecule has 0 spiro atoms. The Morgan fingerprint density at radius 1 is 1.47 bits per heavy atom. The van der Waals surface area contributed by atoms with Gasteiger partial charge < -0.3 is 0 Å². The lowest BCUT2D eigenvalue weighted by atomic mass is 10.0. The van der Waals surface area contributed by atoms with Crippen LogP contribution in [0.3, 0.4) is 0 Å². The minimum absolute atomic E-state index is 0.317. The number of nitrogens with zero attached hydrogens (tertiary/aromatic N) is 2. The van der Waals surface area contributed by atoms with Crippen LogP contribution in [-0.4, -0.2) is 9.78 Å². The van der Waals surface area contributed by atoms with E-state index in [-0.39, 0.29) is 11.9 Å². The fraction of sp³-hybridized carbons (Fsp3) is 0.308. The highest BCUT2D eigenvalue weighted by Gasteiger charge is 2.19. The summed E-state index contributed by atoms with van der Waals surface area (Å²) in [5.41, 5.74) is 4.34. The molecular formula is C13H16ClFN4. The third-order valence-electron chi connectivity index (χ3n) is 2.92. The molecular weight excluding hydrogens is 267 g/mol. The molecule has 0 fully saturated rings. The van der Waals surface area contributed by atoms with Gasteiger partial charge in [0.05, 0.1) is 11.7 Å². The summed E-state index contributed by atoms with van der Waals surface area (Å²) in [6.45, 7) is 2.86. The van der Waals surface area contributed by atoms with Crippen molar-refractivity contribution in [2.45, 2.75) is 25.9 Å². The van der Waals surface area contributed by atoms with Crippen molar-refractivity contribution >= 4 is 11.6 Å². The molecule has 6 heteroatoms. The highest BCUT2D eigenvalue weighted by molar-refractivity contribution is 6.31. The van der Waals surface area contributed by atoms with Gasteiger partial charge in [0.2, 0.25) is 0 Å². The number of halogens is 2. The van der Waals surface area contributed by atoms with Crippen molar-refractivity contribution in [2.24, 2.45) is 5.84 Å². The van der Waals surface area contributed by atoms with E-state index >= 15 is 0 Å². The highest BCUT2D eigenvalue weighted by Crippen LogP contribution is 2.28. The van der Waals surface area contributed by atoms with Crippen LogP contribution >= 0.6 is 11.6 Å². The molecule has 0 saturated heterocycles. The fourth-order valence-electron chi connectivity index (χ4n) is 2.06. The van der Waals surface area contributed by atoms with Crippen LogP contribution in [0, 0.1) is 5.82 Å². The monoisotopic (exact) mass is 282 g/mol. The molecule has 2 aromatic rings. The average molecular weight is 283 g/mol. The zero-order valence-corrected chi connectivity index (χ0v) is 11.4. The first-order valence-corrected chi connectivity index (χ1v) is 6.48. The van der Waals surface area contributed by atoms with E-state index in [2.05, 4.69) is 17.4 Å². The SMILES string of the molecule is CCCn1nccc1C(NN)c1ccc(F)cc1Cl. The third-order valence-corrected chi connectivity index (χ3v) is 3.25. The first-order valence-electron chi connectivity index (χ1n) is 6.10. The molecule has 1 aromatic heterocycles. The molecule has 3 N–H and O–H groups in total. The van der Waals surface area contributed by atoms with E-state index in [9.17, 15) is 4.39 Å². The largest absolute Gasteiger partial charge is 0.271 e. The second-order valence-corrected chi connectivity index (χ2v) is 4.65. The van der Waals surface area contributed by atoms with Crippen molar-refractivity contribution < 1.29 is 4.39 Å². The van der Waals surface area contributed by atoms with Crippen LogP contribution in [0.1, 0.15) is 30.6 Å². The van der Waals surface area contributed by atoms with Crippen LogP contribution in [-0.2, 0) is 6.54 Å². The van der Waals surface area contributed by atoms with Crippen LogP contribution in [0.15, 0.2) is 30.5 Å². The molecule has 0 aliphatic rings. The summed E-state index contributed by atoms with van der Waals surface area (Å²) in [5.74, 6) is 5.26. The van der Waals surface area contributed by atoms with E-state index in [1.165, 1.54) is 12.1 Å². The normalized spacial score (nSPS) is 12.6. The Labute approximate surface area is 116 Å². The Morgan fingerprint density at radius 2 is 2.26 bits per heavy atom. The minimum atomic E-state index is -0.369. The molecule has 0 aliphatic heterocycles. The molecule has 0 amide bonds. The van der Waals surface area contributed by atoms with Gasteiger partial charge in [0.1, 0.15) is 5.82 Å². The number of hydrogen-bond donors (Lipinski definition) is 2.